The summed E-state index contributed by atoms with van der Waals surface area (Å²) in [5.41, 5.74) is 4.31. The number of carbonyl (C=O) groups excluding carboxylic acids is 1. The Morgan fingerprint density at radius 1 is 1.26 bits per heavy atom. The summed E-state index contributed by atoms with van der Waals surface area (Å²) in [7, 11) is 0. The van der Waals surface area contributed by atoms with Crippen molar-refractivity contribution in [1.29, 1.82) is 0 Å². The minimum atomic E-state index is -0.337. The quantitative estimate of drug-likeness (QED) is 0.447. The maximum absolute atomic E-state index is 11.8. The van der Waals surface area contributed by atoms with Crippen LogP contribution in [0.5, 0.6) is 0 Å². The highest BCUT2D eigenvalue weighted by Crippen LogP contribution is 2.22. The predicted octanol–water partition coefficient (Wildman–Crippen LogP) is 2.17. The van der Waals surface area contributed by atoms with E-state index in [1.807, 2.05) is 0 Å². The molecule has 7 heteroatoms. The van der Waals surface area contributed by atoms with Crippen LogP contribution in [0.25, 0.3) is 0 Å². The number of amides is 1. The predicted molar refractivity (Wildman–Crippen MR) is 105 cm³/mol. The van der Waals surface area contributed by atoms with Crippen LogP contribution < -0.4 is 16.1 Å². The summed E-state index contributed by atoms with van der Waals surface area (Å²) in [6.07, 6.45) is 14.3. The molecule has 2 aliphatic heterocycles. The van der Waals surface area contributed by atoms with E-state index >= 15 is 0 Å². The zero-order chi connectivity index (χ0) is 18.7. The van der Waals surface area contributed by atoms with Crippen molar-refractivity contribution in [2.24, 2.45) is 10.9 Å². The lowest BCUT2D eigenvalue weighted by molar-refractivity contribution is -0.198. The van der Waals surface area contributed by atoms with Crippen molar-refractivity contribution < 1.29 is 14.4 Å². The van der Waals surface area contributed by atoms with E-state index in [9.17, 15) is 4.79 Å². The van der Waals surface area contributed by atoms with Crippen LogP contribution in [-0.4, -0.2) is 44.2 Å². The fraction of sp³-hybridized carbons (Fsp3) is 0.700. The smallest absolute Gasteiger partial charge is 0.267 e. The first-order chi connectivity index (χ1) is 13.3. The first kappa shape index (κ1) is 20.0. The Kier molecular flexibility index (Phi) is 8.32. The van der Waals surface area contributed by atoms with E-state index in [1.54, 1.807) is 12.3 Å². The van der Waals surface area contributed by atoms with Crippen LogP contribution in [0.3, 0.4) is 0 Å². The lowest BCUT2D eigenvalue weighted by Crippen LogP contribution is -2.35. The van der Waals surface area contributed by atoms with Gasteiger partial charge in [0.25, 0.3) is 5.91 Å². The highest BCUT2D eigenvalue weighted by Gasteiger charge is 2.15. The Hall–Kier alpha value is -1.70. The zero-order valence-electron chi connectivity index (χ0n) is 16.0. The summed E-state index contributed by atoms with van der Waals surface area (Å²) in [6, 6.07) is 0. The second-order valence-electron chi connectivity index (χ2n) is 7.48. The van der Waals surface area contributed by atoms with Gasteiger partial charge in [0.15, 0.2) is 6.29 Å². The van der Waals surface area contributed by atoms with Gasteiger partial charge in [-0.1, -0.05) is 19.3 Å². The van der Waals surface area contributed by atoms with Gasteiger partial charge in [0.1, 0.15) is 0 Å². The number of nitrogens with zero attached hydrogens (tertiary/aromatic N) is 1. The molecule has 0 aromatic carbocycles. The van der Waals surface area contributed by atoms with E-state index in [0.717, 1.165) is 49.7 Å². The van der Waals surface area contributed by atoms with E-state index in [1.165, 1.54) is 38.2 Å². The van der Waals surface area contributed by atoms with Gasteiger partial charge in [-0.15, -0.1) is 0 Å². The third-order valence-corrected chi connectivity index (χ3v) is 5.21. The molecule has 2 fully saturated rings. The molecule has 0 bridgehead atoms. The number of nitrogens with one attached hydrogen (secondary N) is 3. The number of allylic oxidation sites excluding steroid dienone is 1. The number of rotatable bonds is 8. The average molecular weight is 377 g/mol. The van der Waals surface area contributed by atoms with Crippen molar-refractivity contribution in [3.05, 3.63) is 24.0 Å². The van der Waals surface area contributed by atoms with Crippen molar-refractivity contribution in [2.45, 2.75) is 57.7 Å². The van der Waals surface area contributed by atoms with E-state index in [4.69, 9.17) is 9.57 Å². The molecule has 1 saturated carbocycles. The van der Waals surface area contributed by atoms with E-state index in [0.29, 0.717) is 13.2 Å². The van der Waals surface area contributed by atoms with Crippen LogP contribution >= 0.6 is 0 Å². The lowest BCUT2D eigenvalue weighted by atomic mass is 9.89. The number of aliphatic imine (C=N–C) groups is 1. The largest absolute Gasteiger partial charge is 0.378 e. The third-order valence-electron chi connectivity index (χ3n) is 5.21. The number of hydrogen-bond acceptors (Lipinski definition) is 6. The van der Waals surface area contributed by atoms with Crippen LogP contribution in [-0.2, 0) is 14.4 Å². The lowest BCUT2D eigenvalue weighted by Gasteiger charge is -2.22. The zero-order valence-corrected chi connectivity index (χ0v) is 16.0. The normalized spacial score (nSPS) is 24.2. The maximum Gasteiger partial charge on any atom is 0.267 e. The maximum atomic E-state index is 11.8. The molecule has 3 N–H and O–H groups in total. The summed E-state index contributed by atoms with van der Waals surface area (Å²) < 4.78 is 5.40. The fourth-order valence-electron chi connectivity index (χ4n) is 3.61. The summed E-state index contributed by atoms with van der Waals surface area (Å²) in [6.45, 7) is 3.28. The molecule has 0 aromatic heterocycles. The van der Waals surface area contributed by atoms with Gasteiger partial charge in [-0.2, -0.15) is 0 Å². The fourth-order valence-corrected chi connectivity index (χ4v) is 3.61. The Bertz CT molecular complexity index is 562. The summed E-state index contributed by atoms with van der Waals surface area (Å²) >= 11 is 0. The molecule has 1 saturated heterocycles. The Balaban J connectivity index is 1.33. The molecule has 1 atom stereocenters. The van der Waals surface area contributed by atoms with Gasteiger partial charge in [0, 0.05) is 25.6 Å². The highest BCUT2D eigenvalue weighted by molar-refractivity contribution is 5.90. The van der Waals surface area contributed by atoms with Gasteiger partial charge in [0.05, 0.1) is 24.2 Å². The summed E-state index contributed by atoms with van der Waals surface area (Å²) in [5.74, 6) is 0.514. The first-order valence-corrected chi connectivity index (χ1v) is 10.3. The molecule has 2 heterocycles. The SMILES string of the molecule is O=C(/C=C/C1=CN=C(CNCC2CCCCC2)CN1)NOC1CCCCO1. The van der Waals surface area contributed by atoms with Gasteiger partial charge in [-0.25, -0.2) is 10.3 Å². The Morgan fingerprint density at radius 2 is 2.11 bits per heavy atom. The van der Waals surface area contributed by atoms with Crippen molar-refractivity contribution in [3.8, 4) is 0 Å². The second kappa shape index (κ2) is 11.2. The van der Waals surface area contributed by atoms with Crippen molar-refractivity contribution in [2.75, 3.05) is 26.2 Å². The molecule has 7 nitrogen and oxygen atoms in total. The number of ether oxygens (including phenoxy) is 1. The number of hydroxylamine groups is 1. The molecular weight excluding hydrogens is 344 g/mol. The van der Waals surface area contributed by atoms with Crippen LogP contribution in [0.2, 0.25) is 0 Å². The molecule has 3 rings (SSSR count). The Labute approximate surface area is 161 Å². The van der Waals surface area contributed by atoms with Crippen LogP contribution in [0, 0.1) is 5.92 Å². The topological polar surface area (TPSA) is 84.0 Å². The molecule has 1 aliphatic carbocycles. The van der Waals surface area contributed by atoms with Gasteiger partial charge >= 0.3 is 0 Å². The van der Waals surface area contributed by atoms with E-state index in [-0.39, 0.29) is 12.2 Å². The minimum Gasteiger partial charge on any atom is -0.378 e. The summed E-state index contributed by atoms with van der Waals surface area (Å²) in [4.78, 5) is 21.5. The van der Waals surface area contributed by atoms with Gasteiger partial charge in [-0.3, -0.25) is 9.79 Å². The molecule has 0 spiro atoms. The monoisotopic (exact) mass is 376 g/mol. The number of carbonyl (C=O) groups is 1. The van der Waals surface area contributed by atoms with Crippen molar-refractivity contribution in [3.63, 3.8) is 0 Å². The number of hydrogen-bond donors (Lipinski definition) is 3. The highest BCUT2D eigenvalue weighted by atomic mass is 16.8. The third kappa shape index (κ3) is 7.44. The second-order valence-corrected chi connectivity index (χ2v) is 7.48. The molecule has 1 amide bonds. The van der Waals surface area contributed by atoms with Crippen LogP contribution in [0.1, 0.15) is 51.4 Å². The van der Waals surface area contributed by atoms with Gasteiger partial charge < -0.3 is 15.4 Å². The molecule has 150 valence electrons. The van der Waals surface area contributed by atoms with Crippen molar-refractivity contribution in [1.82, 2.24) is 16.1 Å². The molecular formula is C20H32N4O3. The molecule has 3 aliphatic rings. The molecule has 27 heavy (non-hydrogen) atoms. The minimum absolute atomic E-state index is 0.309. The first-order valence-electron chi connectivity index (χ1n) is 10.3. The van der Waals surface area contributed by atoms with Gasteiger partial charge in [-0.05, 0) is 44.2 Å². The molecule has 0 aromatic rings. The average Bonchev–Trinajstić information content (AvgIpc) is 2.73. The summed E-state index contributed by atoms with van der Waals surface area (Å²) in [5, 5.41) is 6.80. The standard InChI is InChI=1S/C20H32N4O3/c25-19(24-27-20-8-4-5-11-26-20)10-9-17-14-23-18(15-22-17)13-21-12-16-6-2-1-3-7-16/h9-10,14,16,20-22H,1-8,11-13,15H2,(H,24,25)/b10-9+. The van der Waals surface area contributed by atoms with E-state index in [2.05, 4.69) is 21.1 Å². The van der Waals surface area contributed by atoms with Gasteiger partial charge in [0.2, 0.25) is 0 Å². The van der Waals surface area contributed by atoms with E-state index < -0.39 is 0 Å². The van der Waals surface area contributed by atoms with Crippen LogP contribution in [0.15, 0.2) is 29.0 Å². The Morgan fingerprint density at radius 3 is 2.85 bits per heavy atom. The molecule has 0 radical (unpaired) electrons. The molecule has 1 unspecified atom stereocenters. The van der Waals surface area contributed by atoms with Crippen LogP contribution in [0.4, 0.5) is 0 Å². The van der Waals surface area contributed by atoms with Crippen molar-refractivity contribution >= 4 is 11.6 Å².